The van der Waals surface area contributed by atoms with Crippen LogP contribution in [0.2, 0.25) is 0 Å². The maximum absolute atomic E-state index is 13.9. The van der Waals surface area contributed by atoms with E-state index in [1.807, 2.05) is 0 Å². The highest BCUT2D eigenvalue weighted by molar-refractivity contribution is 5.86. The minimum atomic E-state index is -0.196. The third-order valence-corrected chi connectivity index (χ3v) is 10.5. The summed E-state index contributed by atoms with van der Waals surface area (Å²) in [6.45, 7) is 10.4. The Morgan fingerprint density at radius 1 is 1.07 bits per heavy atom. The van der Waals surface area contributed by atoms with E-state index < -0.39 is 0 Å². The zero-order valence-electron chi connectivity index (χ0n) is 18.6. The summed E-state index contributed by atoms with van der Waals surface area (Å²) < 4.78 is 0. The lowest BCUT2D eigenvalue weighted by Gasteiger charge is -2.62. The number of fused-ring (bicyclic) bond motifs is 5. The van der Waals surface area contributed by atoms with Crippen molar-refractivity contribution in [1.82, 2.24) is 0 Å². The Labute approximate surface area is 172 Å². The molecule has 0 aromatic heterocycles. The summed E-state index contributed by atoms with van der Waals surface area (Å²) in [5.41, 5.74) is 6.47. The molecule has 0 bridgehead atoms. The molecular formula is C25H43NO2. The zero-order valence-corrected chi connectivity index (χ0v) is 18.6. The first-order valence-electron chi connectivity index (χ1n) is 12.2. The van der Waals surface area contributed by atoms with Crippen molar-refractivity contribution in [2.75, 3.05) is 6.54 Å². The molecule has 0 heterocycles. The molecule has 3 heteroatoms. The van der Waals surface area contributed by atoms with E-state index in [1.165, 1.54) is 25.7 Å². The quantitative estimate of drug-likeness (QED) is 0.725. The third-order valence-electron chi connectivity index (χ3n) is 10.5. The average molecular weight is 390 g/mol. The van der Waals surface area contributed by atoms with E-state index in [1.54, 1.807) is 0 Å². The molecule has 0 radical (unpaired) electrons. The smallest absolute Gasteiger partial charge is 0.139 e. The number of Topliss-reactive ketones (excluding diaryl/α,β-unsaturated/α-hetero) is 1. The molecule has 0 aromatic carbocycles. The van der Waals surface area contributed by atoms with Gasteiger partial charge in [0, 0.05) is 11.8 Å². The number of nitrogens with two attached hydrogens (primary N) is 1. The number of carbonyl (C=O) groups excluding carboxylic acids is 1. The summed E-state index contributed by atoms with van der Waals surface area (Å²) in [5, 5.41) is 10.4. The van der Waals surface area contributed by atoms with Crippen LogP contribution in [0.3, 0.4) is 0 Å². The number of hydrogen-bond acceptors (Lipinski definition) is 3. The molecule has 0 saturated heterocycles. The van der Waals surface area contributed by atoms with Gasteiger partial charge in [0.2, 0.25) is 0 Å². The predicted molar refractivity (Wildman–Crippen MR) is 114 cm³/mol. The summed E-state index contributed by atoms with van der Waals surface area (Å²) in [6, 6.07) is 0. The number of aliphatic hydroxyl groups is 1. The second-order valence-corrected chi connectivity index (χ2v) is 11.5. The third kappa shape index (κ3) is 2.86. The van der Waals surface area contributed by atoms with E-state index in [2.05, 4.69) is 27.7 Å². The Kier molecular flexibility index (Phi) is 5.49. The van der Waals surface area contributed by atoms with Crippen LogP contribution in [0, 0.1) is 52.3 Å². The van der Waals surface area contributed by atoms with Gasteiger partial charge in [-0.1, -0.05) is 27.7 Å². The van der Waals surface area contributed by atoms with Gasteiger partial charge in [0.05, 0.1) is 6.10 Å². The van der Waals surface area contributed by atoms with Crippen LogP contribution in [0.1, 0.15) is 85.5 Å². The Bertz CT molecular complexity index is 605. The molecule has 3 nitrogen and oxygen atoms in total. The van der Waals surface area contributed by atoms with Crippen LogP contribution < -0.4 is 5.73 Å². The van der Waals surface area contributed by atoms with Crippen molar-refractivity contribution in [2.24, 2.45) is 58.0 Å². The number of ketones is 1. The molecule has 0 unspecified atom stereocenters. The van der Waals surface area contributed by atoms with E-state index in [4.69, 9.17) is 5.73 Å². The van der Waals surface area contributed by atoms with Gasteiger partial charge in [0.1, 0.15) is 5.78 Å². The van der Waals surface area contributed by atoms with Crippen LogP contribution >= 0.6 is 0 Å². The van der Waals surface area contributed by atoms with Gasteiger partial charge in [-0.25, -0.2) is 0 Å². The van der Waals surface area contributed by atoms with Crippen LogP contribution in [-0.2, 0) is 4.79 Å². The molecule has 4 fully saturated rings. The molecule has 10 atom stereocenters. The molecule has 3 N–H and O–H groups in total. The number of carbonyl (C=O) groups is 1. The maximum atomic E-state index is 13.9. The fourth-order valence-electron chi connectivity index (χ4n) is 9.07. The molecule has 0 aromatic rings. The number of rotatable bonds is 4. The van der Waals surface area contributed by atoms with Crippen molar-refractivity contribution in [3.8, 4) is 0 Å². The lowest BCUT2D eigenvalue weighted by Crippen LogP contribution is -2.60. The van der Waals surface area contributed by atoms with Gasteiger partial charge >= 0.3 is 0 Å². The first-order valence-corrected chi connectivity index (χ1v) is 12.2. The van der Waals surface area contributed by atoms with Crippen molar-refractivity contribution in [3.05, 3.63) is 0 Å². The standard InChI is InChI=1S/C25H43NO2/c1-5-17-21-14-16(27)8-11-25(21,4)20-9-12-24(3)18(15(2)10-13-26)6-7-19(24)22(20)23(17)28/h15-22,27H,5-14,26H2,1-4H3/t15-,16-,17-,18-,19+,20+,21+,22+,24-,25-/m1/s1. The summed E-state index contributed by atoms with van der Waals surface area (Å²) >= 11 is 0. The van der Waals surface area contributed by atoms with Gasteiger partial charge in [0.15, 0.2) is 0 Å². The van der Waals surface area contributed by atoms with Crippen LogP contribution in [0.25, 0.3) is 0 Å². The van der Waals surface area contributed by atoms with Crippen molar-refractivity contribution in [3.63, 3.8) is 0 Å². The Hall–Kier alpha value is -0.410. The SMILES string of the molecule is CC[C@H]1C(=O)[C@@H]2[C@H](CC[C@]3(C)[C@@H]([C@H](C)CCN)CC[C@@H]23)[C@@]2(C)CC[C@@H](O)C[C@@H]12. The van der Waals surface area contributed by atoms with E-state index in [9.17, 15) is 9.90 Å². The van der Waals surface area contributed by atoms with E-state index in [0.717, 1.165) is 44.6 Å². The van der Waals surface area contributed by atoms with E-state index >= 15 is 0 Å². The van der Waals surface area contributed by atoms with Gasteiger partial charge < -0.3 is 10.8 Å². The molecule has 4 aliphatic carbocycles. The van der Waals surface area contributed by atoms with Gasteiger partial charge in [-0.05, 0) is 105 Å². The maximum Gasteiger partial charge on any atom is 0.139 e. The monoisotopic (exact) mass is 389 g/mol. The predicted octanol–water partition coefficient (Wildman–Crippen LogP) is 4.81. The summed E-state index contributed by atoms with van der Waals surface area (Å²) in [6.07, 6.45) is 9.79. The van der Waals surface area contributed by atoms with E-state index in [-0.39, 0.29) is 23.4 Å². The second kappa shape index (κ2) is 7.38. The van der Waals surface area contributed by atoms with Gasteiger partial charge in [-0.3, -0.25) is 4.79 Å². The highest BCUT2D eigenvalue weighted by Crippen LogP contribution is 2.68. The molecular weight excluding hydrogens is 346 g/mol. The number of hydrogen-bond donors (Lipinski definition) is 2. The fourth-order valence-corrected chi connectivity index (χ4v) is 9.07. The largest absolute Gasteiger partial charge is 0.393 e. The number of aliphatic hydroxyl groups excluding tert-OH is 1. The van der Waals surface area contributed by atoms with Gasteiger partial charge in [-0.15, -0.1) is 0 Å². The van der Waals surface area contributed by atoms with Gasteiger partial charge in [0.25, 0.3) is 0 Å². The molecule has 28 heavy (non-hydrogen) atoms. The van der Waals surface area contributed by atoms with Crippen molar-refractivity contribution in [2.45, 2.75) is 91.6 Å². The first kappa shape index (κ1) is 20.8. The molecule has 4 rings (SSSR count). The lowest BCUT2D eigenvalue weighted by atomic mass is 9.42. The summed E-state index contributed by atoms with van der Waals surface area (Å²) in [4.78, 5) is 13.9. The normalized spacial score (nSPS) is 51.9. The van der Waals surface area contributed by atoms with Crippen molar-refractivity contribution < 1.29 is 9.90 Å². The van der Waals surface area contributed by atoms with Gasteiger partial charge in [-0.2, -0.15) is 0 Å². The van der Waals surface area contributed by atoms with Crippen LogP contribution in [0.4, 0.5) is 0 Å². The lowest BCUT2D eigenvalue weighted by molar-refractivity contribution is -0.173. The van der Waals surface area contributed by atoms with Crippen LogP contribution in [0.15, 0.2) is 0 Å². The van der Waals surface area contributed by atoms with E-state index in [0.29, 0.717) is 34.9 Å². The average Bonchev–Trinajstić information content (AvgIpc) is 3.01. The Balaban J connectivity index is 1.68. The van der Waals surface area contributed by atoms with Crippen LogP contribution in [-0.4, -0.2) is 23.5 Å². The fraction of sp³-hybridized carbons (Fsp3) is 0.960. The molecule has 4 aliphatic rings. The molecule has 0 aliphatic heterocycles. The first-order chi connectivity index (χ1) is 13.3. The van der Waals surface area contributed by atoms with Crippen molar-refractivity contribution >= 4 is 5.78 Å². The Morgan fingerprint density at radius 2 is 1.75 bits per heavy atom. The Morgan fingerprint density at radius 3 is 2.43 bits per heavy atom. The van der Waals surface area contributed by atoms with Crippen LogP contribution in [0.5, 0.6) is 0 Å². The minimum absolute atomic E-state index is 0.170. The zero-order chi connectivity index (χ0) is 20.3. The highest BCUT2D eigenvalue weighted by atomic mass is 16.3. The van der Waals surface area contributed by atoms with Crippen molar-refractivity contribution in [1.29, 1.82) is 0 Å². The minimum Gasteiger partial charge on any atom is -0.393 e. The topological polar surface area (TPSA) is 63.3 Å². The summed E-state index contributed by atoms with van der Waals surface area (Å²) in [7, 11) is 0. The molecule has 0 spiro atoms. The summed E-state index contributed by atoms with van der Waals surface area (Å²) in [5.74, 6) is 3.93. The second-order valence-electron chi connectivity index (χ2n) is 11.5. The molecule has 0 amide bonds. The highest BCUT2D eigenvalue weighted by Gasteiger charge is 2.64. The molecule has 4 saturated carbocycles. The molecule has 160 valence electrons.